The van der Waals surface area contributed by atoms with Gasteiger partial charge in [-0.3, -0.25) is 0 Å². The summed E-state index contributed by atoms with van der Waals surface area (Å²) in [5.41, 5.74) is 4.99. The van der Waals surface area contributed by atoms with Crippen molar-refractivity contribution in [2.45, 2.75) is 45.1 Å². The molecule has 0 radical (unpaired) electrons. The van der Waals surface area contributed by atoms with Gasteiger partial charge in [-0.2, -0.15) is 0 Å². The zero-order valence-corrected chi connectivity index (χ0v) is 9.38. The number of ether oxygens (including phenoxy) is 1. The Kier molecular flexibility index (Phi) is 3.93. The highest BCUT2D eigenvalue weighted by molar-refractivity contribution is 4.96. The first-order valence-electron chi connectivity index (χ1n) is 5.58. The van der Waals surface area contributed by atoms with E-state index in [9.17, 15) is 5.11 Å². The minimum absolute atomic E-state index is 0.166. The van der Waals surface area contributed by atoms with Gasteiger partial charge >= 0.3 is 0 Å². The Labute approximate surface area is 86.6 Å². The van der Waals surface area contributed by atoms with Gasteiger partial charge in [-0.25, -0.2) is 0 Å². The van der Waals surface area contributed by atoms with E-state index in [0.717, 1.165) is 25.9 Å². The van der Waals surface area contributed by atoms with Crippen molar-refractivity contribution in [1.82, 2.24) is 0 Å². The van der Waals surface area contributed by atoms with Crippen molar-refractivity contribution >= 4 is 0 Å². The lowest BCUT2D eigenvalue weighted by Gasteiger charge is -2.43. The van der Waals surface area contributed by atoms with Crippen LogP contribution in [0.4, 0.5) is 0 Å². The second kappa shape index (κ2) is 4.60. The van der Waals surface area contributed by atoms with Crippen molar-refractivity contribution in [2.24, 2.45) is 11.1 Å². The van der Waals surface area contributed by atoms with Gasteiger partial charge in [-0.15, -0.1) is 0 Å². The second-order valence-corrected chi connectivity index (χ2v) is 4.62. The summed E-state index contributed by atoms with van der Waals surface area (Å²) in [6.45, 7) is 6.15. The van der Waals surface area contributed by atoms with Crippen LogP contribution in [0.5, 0.6) is 0 Å². The molecule has 3 nitrogen and oxygen atoms in total. The summed E-state index contributed by atoms with van der Waals surface area (Å²) in [6, 6.07) is 0. The molecule has 1 fully saturated rings. The van der Waals surface area contributed by atoms with Crippen LogP contribution in [0.2, 0.25) is 0 Å². The first kappa shape index (κ1) is 12.0. The zero-order chi connectivity index (χ0) is 10.7. The van der Waals surface area contributed by atoms with Gasteiger partial charge in [0.25, 0.3) is 0 Å². The molecule has 0 aromatic rings. The van der Waals surface area contributed by atoms with Crippen LogP contribution >= 0.6 is 0 Å². The van der Waals surface area contributed by atoms with Crippen molar-refractivity contribution in [3.8, 4) is 0 Å². The molecule has 0 spiro atoms. The fourth-order valence-electron chi connectivity index (χ4n) is 2.20. The van der Waals surface area contributed by atoms with Crippen LogP contribution < -0.4 is 5.73 Å². The summed E-state index contributed by atoms with van der Waals surface area (Å²) >= 11 is 0. The molecule has 0 saturated carbocycles. The lowest BCUT2D eigenvalue weighted by Crippen LogP contribution is -2.50. The summed E-state index contributed by atoms with van der Waals surface area (Å²) < 4.78 is 5.37. The third-order valence-electron chi connectivity index (χ3n) is 3.89. The van der Waals surface area contributed by atoms with E-state index in [0.29, 0.717) is 19.6 Å². The maximum atomic E-state index is 10.6. The Hall–Kier alpha value is -0.120. The Morgan fingerprint density at radius 3 is 2.71 bits per heavy atom. The van der Waals surface area contributed by atoms with E-state index >= 15 is 0 Å². The largest absolute Gasteiger partial charge is 0.389 e. The monoisotopic (exact) mass is 201 g/mol. The Bertz CT molecular complexity index is 170. The summed E-state index contributed by atoms with van der Waals surface area (Å²) in [7, 11) is 0. The highest BCUT2D eigenvalue weighted by atomic mass is 16.5. The van der Waals surface area contributed by atoms with Crippen molar-refractivity contribution in [1.29, 1.82) is 0 Å². The van der Waals surface area contributed by atoms with Crippen LogP contribution in [-0.4, -0.2) is 30.5 Å². The molecule has 0 aromatic heterocycles. The predicted molar refractivity (Wildman–Crippen MR) is 57.1 cm³/mol. The maximum absolute atomic E-state index is 10.6. The minimum Gasteiger partial charge on any atom is -0.389 e. The summed E-state index contributed by atoms with van der Waals surface area (Å²) in [5, 5.41) is 10.6. The molecule has 0 aliphatic carbocycles. The van der Waals surface area contributed by atoms with Crippen LogP contribution in [0.25, 0.3) is 0 Å². The molecule has 1 aliphatic rings. The van der Waals surface area contributed by atoms with Crippen LogP contribution in [0.1, 0.15) is 39.5 Å². The van der Waals surface area contributed by atoms with Gasteiger partial charge in [0.1, 0.15) is 0 Å². The van der Waals surface area contributed by atoms with E-state index in [1.54, 1.807) is 0 Å². The quantitative estimate of drug-likeness (QED) is 0.723. The van der Waals surface area contributed by atoms with Gasteiger partial charge in [0.15, 0.2) is 0 Å². The molecule has 0 amide bonds. The van der Waals surface area contributed by atoms with E-state index in [-0.39, 0.29) is 5.41 Å². The number of hydrogen-bond donors (Lipinski definition) is 2. The average molecular weight is 201 g/mol. The van der Waals surface area contributed by atoms with E-state index in [1.165, 1.54) is 0 Å². The van der Waals surface area contributed by atoms with Gasteiger partial charge in [0, 0.05) is 31.6 Å². The molecule has 14 heavy (non-hydrogen) atoms. The van der Waals surface area contributed by atoms with Crippen molar-refractivity contribution in [3.05, 3.63) is 0 Å². The SMILES string of the molecule is CCC(C)(CN)C1(O)CCCOCC1. The first-order chi connectivity index (χ1) is 6.58. The number of aliphatic hydroxyl groups is 1. The molecule has 84 valence electrons. The fourth-order valence-corrected chi connectivity index (χ4v) is 2.20. The highest BCUT2D eigenvalue weighted by Gasteiger charge is 2.44. The van der Waals surface area contributed by atoms with Gasteiger partial charge in [0.2, 0.25) is 0 Å². The van der Waals surface area contributed by atoms with Gasteiger partial charge < -0.3 is 15.6 Å². The lowest BCUT2D eigenvalue weighted by atomic mass is 9.68. The summed E-state index contributed by atoms with van der Waals surface area (Å²) in [6.07, 6.45) is 3.38. The van der Waals surface area contributed by atoms with E-state index in [4.69, 9.17) is 10.5 Å². The molecule has 0 bridgehead atoms. The lowest BCUT2D eigenvalue weighted by molar-refractivity contribution is -0.0867. The predicted octanol–water partition coefficient (Wildman–Crippen LogP) is 1.29. The van der Waals surface area contributed by atoms with E-state index in [2.05, 4.69) is 13.8 Å². The van der Waals surface area contributed by atoms with Crippen molar-refractivity contribution in [3.63, 3.8) is 0 Å². The minimum atomic E-state index is -0.632. The molecular weight excluding hydrogens is 178 g/mol. The molecule has 3 heteroatoms. The van der Waals surface area contributed by atoms with Crippen LogP contribution in [-0.2, 0) is 4.74 Å². The van der Waals surface area contributed by atoms with Gasteiger partial charge in [-0.1, -0.05) is 13.8 Å². The highest BCUT2D eigenvalue weighted by Crippen LogP contribution is 2.40. The molecular formula is C11H23NO2. The van der Waals surface area contributed by atoms with Crippen molar-refractivity contribution < 1.29 is 9.84 Å². The maximum Gasteiger partial charge on any atom is 0.0735 e. The number of rotatable bonds is 3. The summed E-state index contributed by atoms with van der Waals surface area (Å²) in [5.74, 6) is 0. The smallest absolute Gasteiger partial charge is 0.0735 e. The van der Waals surface area contributed by atoms with E-state index in [1.807, 2.05) is 0 Å². The number of hydrogen-bond acceptors (Lipinski definition) is 3. The van der Waals surface area contributed by atoms with E-state index < -0.39 is 5.60 Å². The molecule has 1 heterocycles. The zero-order valence-electron chi connectivity index (χ0n) is 9.38. The Morgan fingerprint density at radius 2 is 2.14 bits per heavy atom. The molecule has 2 atom stereocenters. The normalized spacial score (nSPS) is 33.4. The Balaban J connectivity index is 2.78. The molecule has 1 aliphatic heterocycles. The standard InChI is InChI=1S/C11H23NO2/c1-3-10(2,9-12)11(13)5-4-7-14-8-6-11/h13H,3-9,12H2,1-2H3. The Morgan fingerprint density at radius 1 is 1.43 bits per heavy atom. The fraction of sp³-hybridized carbons (Fsp3) is 1.00. The molecule has 0 aromatic carbocycles. The molecule has 3 N–H and O–H groups in total. The first-order valence-corrected chi connectivity index (χ1v) is 5.58. The molecule has 1 rings (SSSR count). The second-order valence-electron chi connectivity index (χ2n) is 4.62. The van der Waals surface area contributed by atoms with Gasteiger partial charge in [0.05, 0.1) is 5.60 Å². The third-order valence-corrected chi connectivity index (χ3v) is 3.89. The molecule has 1 saturated heterocycles. The number of nitrogens with two attached hydrogens (primary N) is 1. The van der Waals surface area contributed by atoms with Crippen LogP contribution in [0.3, 0.4) is 0 Å². The van der Waals surface area contributed by atoms with Crippen molar-refractivity contribution in [2.75, 3.05) is 19.8 Å². The average Bonchev–Trinajstić information content (AvgIpc) is 2.43. The summed E-state index contributed by atoms with van der Waals surface area (Å²) in [4.78, 5) is 0. The van der Waals surface area contributed by atoms with Gasteiger partial charge in [-0.05, 0) is 19.3 Å². The topological polar surface area (TPSA) is 55.5 Å². The third kappa shape index (κ3) is 2.10. The van der Waals surface area contributed by atoms with Crippen LogP contribution in [0.15, 0.2) is 0 Å². The van der Waals surface area contributed by atoms with Crippen LogP contribution in [0, 0.1) is 5.41 Å². The molecule has 2 unspecified atom stereocenters.